The van der Waals surface area contributed by atoms with Gasteiger partial charge in [0.05, 0.1) is 11.4 Å². The molecule has 1 heterocycles. The molecule has 0 aliphatic carbocycles. The van der Waals surface area contributed by atoms with Crippen molar-refractivity contribution in [1.29, 1.82) is 0 Å². The van der Waals surface area contributed by atoms with Crippen LogP contribution in [0.4, 0.5) is 5.69 Å². The summed E-state index contributed by atoms with van der Waals surface area (Å²) in [5, 5.41) is 8.45. The SMILES string of the molecule is CCCC(CC)Nc1cc(Cl)ccc1-n1cncn1. The van der Waals surface area contributed by atoms with Gasteiger partial charge in [-0.1, -0.05) is 31.9 Å². The van der Waals surface area contributed by atoms with E-state index in [2.05, 4.69) is 29.2 Å². The first-order chi connectivity index (χ1) is 9.24. The fourth-order valence-electron chi connectivity index (χ4n) is 2.10. The largest absolute Gasteiger partial charge is 0.381 e. The Bertz CT molecular complexity index is 510. The van der Waals surface area contributed by atoms with E-state index in [0.717, 1.165) is 35.7 Å². The molecular formula is C14H19ClN4. The molecule has 0 radical (unpaired) electrons. The lowest BCUT2D eigenvalue weighted by molar-refractivity contribution is 0.622. The molecule has 0 saturated heterocycles. The molecule has 2 aromatic rings. The third-order valence-corrected chi connectivity index (χ3v) is 3.35. The first kappa shape index (κ1) is 13.9. The summed E-state index contributed by atoms with van der Waals surface area (Å²) < 4.78 is 1.75. The zero-order chi connectivity index (χ0) is 13.7. The van der Waals surface area contributed by atoms with Crippen LogP contribution in [0.15, 0.2) is 30.9 Å². The summed E-state index contributed by atoms with van der Waals surface area (Å²) in [6, 6.07) is 6.21. The summed E-state index contributed by atoms with van der Waals surface area (Å²) in [4.78, 5) is 3.99. The highest BCUT2D eigenvalue weighted by molar-refractivity contribution is 6.31. The predicted molar refractivity (Wildman–Crippen MR) is 79.0 cm³/mol. The van der Waals surface area contributed by atoms with Crippen molar-refractivity contribution in [2.75, 3.05) is 5.32 Å². The van der Waals surface area contributed by atoms with E-state index in [0.29, 0.717) is 6.04 Å². The maximum Gasteiger partial charge on any atom is 0.138 e. The summed E-state index contributed by atoms with van der Waals surface area (Å²) in [7, 11) is 0. The number of nitrogens with one attached hydrogen (secondary N) is 1. The van der Waals surface area contributed by atoms with Crippen LogP contribution in [0.2, 0.25) is 5.02 Å². The topological polar surface area (TPSA) is 42.7 Å². The Balaban J connectivity index is 2.30. The normalized spacial score (nSPS) is 12.4. The van der Waals surface area contributed by atoms with E-state index >= 15 is 0 Å². The molecule has 0 fully saturated rings. The molecule has 0 aliphatic heterocycles. The second-order valence-corrected chi connectivity index (χ2v) is 4.98. The quantitative estimate of drug-likeness (QED) is 0.871. The van der Waals surface area contributed by atoms with E-state index in [9.17, 15) is 0 Å². The van der Waals surface area contributed by atoms with Gasteiger partial charge >= 0.3 is 0 Å². The fourth-order valence-corrected chi connectivity index (χ4v) is 2.28. The van der Waals surface area contributed by atoms with Crippen molar-refractivity contribution in [3.8, 4) is 5.69 Å². The second-order valence-electron chi connectivity index (χ2n) is 4.54. The maximum atomic E-state index is 6.10. The molecule has 0 saturated carbocycles. The van der Waals surface area contributed by atoms with Gasteiger partial charge in [0.25, 0.3) is 0 Å². The number of halogens is 1. The lowest BCUT2D eigenvalue weighted by Crippen LogP contribution is -2.19. The van der Waals surface area contributed by atoms with Gasteiger partial charge in [-0.25, -0.2) is 9.67 Å². The van der Waals surface area contributed by atoms with Gasteiger partial charge in [0.2, 0.25) is 0 Å². The van der Waals surface area contributed by atoms with Crippen molar-refractivity contribution in [3.05, 3.63) is 35.9 Å². The summed E-state index contributed by atoms with van der Waals surface area (Å²) in [6.45, 7) is 4.38. The molecule has 0 amide bonds. The summed E-state index contributed by atoms with van der Waals surface area (Å²) in [5.41, 5.74) is 1.97. The maximum absolute atomic E-state index is 6.10. The summed E-state index contributed by atoms with van der Waals surface area (Å²) >= 11 is 6.10. The van der Waals surface area contributed by atoms with E-state index < -0.39 is 0 Å². The van der Waals surface area contributed by atoms with E-state index in [4.69, 9.17) is 11.6 Å². The molecule has 1 aromatic carbocycles. The van der Waals surface area contributed by atoms with Gasteiger partial charge in [-0.05, 0) is 31.0 Å². The standard InChI is InChI=1S/C14H19ClN4/c1-3-5-12(4-2)18-13-8-11(15)6-7-14(13)19-10-16-9-17-19/h6-10,12,18H,3-5H2,1-2H3. The molecule has 1 N–H and O–H groups in total. The van der Waals surface area contributed by atoms with Crippen LogP contribution < -0.4 is 5.32 Å². The van der Waals surface area contributed by atoms with Crippen molar-refractivity contribution in [3.63, 3.8) is 0 Å². The zero-order valence-electron chi connectivity index (χ0n) is 11.3. The van der Waals surface area contributed by atoms with Crippen LogP contribution in [0.1, 0.15) is 33.1 Å². The molecule has 4 nitrogen and oxygen atoms in total. The highest BCUT2D eigenvalue weighted by Crippen LogP contribution is 2.25. The van der Waals surface area contributed by atoms with Crippen LogP contribution in [0.3, 0.4) is 0 Å². The molecule has 1 aromatic heterocycles. The van der Waals surface area contributed by atoms with Gasteiger partial charge in [-0.15, -0.1) is 0 Å². The van der Waals surface area contributed by atoms with Crippen LogP contribution in [0.5, 0.6) is 0 Å². The summed E-state index contributed by atoms with van der Waals surface area (Å²) in [6.07, 6.45) is 6.60. The van der Waals surface area contributed by atoms with Crippen molar-refractivity contribution in [2.45, 2.75) is 39.2 Å². The first-order valence-corrected chi connectivity index (χ1v) is 7.03. The minimum atomic E-state index is 0.450. The van der Waals surface area contributed by atoms with Crippen LogP contribution in [0.25, 0.3) is 5.69 Å². The Kier molecular flexibility index (Phi) is 4.80. The van der Waals surface area contributed by atoms with Crippen LogP contribution in [0, 0.1) is 0 Å². The summed E-state index contributed by atoms with van der Waals surface area (Å²) in [5.74, 6) is 0. The highest BCUT2D eigenvalue weighted by Gasteiger charge is 2.10. The van der Waals surface area contributed by atoms with Gasteiger partial charge in [-0.3, -0.25) is 0 Å². The minimum Gasteiger partial charge on any atom is -0.381 e. The second kappa shape index (κ2) is 6.57. The van der Waals surface area contributed by atoms with Crippen LogP contribution in [-0.4, -0.2) is 20.8 Å². The monoisotopic (exact) mass is 278 g/mol. The van der Waals surface area contributed by atoms with Gasteiger partial charge in [-0.2, -0.15) is 5.10 Å². The lowest BCUT2D eigenvalue weighted by Gasteiger charge is -2.20. The smallest absolute Gasteiger partial charge is 0.138 e. The van der Waals surface area contributed by atoms with E-state index in [1.807, 2.05) is 18.2 Å². The third kappa shape index (κ3) is 3.47. The van der Waals surface area contributed by atoms with Crippen molar-refractivity contribution >= 4 is 17.3 Å². The number of aromatic nitrogens is 3. The Hall–Kier alpha value is -1.55. The van der Waals surface area contributed by atoms with Gasteiger partial charge in [0, 0.05) is 11.1 Å². The number of hydrogen-bond acceptors (Lipinski definition) is 3. The number of hydrogen-bond donors (Lipinski definition) is 1. The Morgan fingerprint density at radius 3 is 2.84 bits per heavy atom. The molecule has 5 heteroatoms. The number of rotatable bonds is 6. The van der Waals surface area contributed by atoms with Crippen LogP contribution >= 0.6 is 11.6 Å². The van der Waals surface area contributed by atoms with Crippen LogP contribution in [-0.2, 0) is 0 Å². The third-order valence-electron chi connectivity index (χ3n) is 3.11. The Labute approximate surface area is 118 Å². The van der Waals surface area contributed by atoms with Gasteiger partial charge < -0.3 is 5.32 Å². The molecule has 2 rings (SSSR count). The number of benzene rings is 1. The average molecular weight is 279 g/mol. The van der Waals surface area contributed by atoms with E-state index in [-0.39, 0.29) is 0 Å². The predicted octanol–water partition coefficient (Wildman–Crippen LogP) is 3.91. The molecule has 0 spiro atoms. The Morgan fingerprint density at radius 1 is 1.37 bits per heavy atom. The van der Waals surface area contributed by atoms with E-state index in [1.165, 1.54) is 6.33 Å². The minimum absolute atomic E-state index is 0.450. The lowest BCUT2D eigenvalue weighted by atomic mass is 10.1. The highest BCUT2D eigenvalue weighted by atomic mass is 35.5. The molecule has 1 atom stereocenters. The number of anilines is 1. The van der Waals surface area contributed by atoms with Gasteiger partial charge in [0.15, 0.2) is 0 Å². The molecule has 0 aliphatic rings. The Morgan fingerprint density at radius 2 is 2.21 bits per heavy atom. The van der Waals surface area contributed by atoms with Crippen molar-refractivity contribution in [2.24, 2.45) is 0 Å². The fraction of sp³-hybridized carbons (Fsp3) is 0.429. The first-order valence-electron chi connectivity index (χ1n) is 6.65. The van der Waals surface area contributed by atoms with Gasteiger partial charge in [0.1, 0.15) is 12.7 Å². The molecular weight excluding hydrogens is 260 g/mol. The average Bonchev–Trinajstić information content (AvgIpc) is 2.92. The van der Waals surface area contributed by atoms with Crippen molar-refractivity contribution < 1.29 is 0 Å². The van der Waals surface area contributed by atoms with E-state index in [1.54, 1.807) is 11.0 Å². The number of nitrogens with zero attached hydrogens (tertiary/aromatic N) is 3. The van der Waals surface area contributed by atoms with Crippen molar-refractivity contribution in [1.82, 2.24) is 14.8 Å². The molecule has 102 valence electrons. The molecule has 0 bridgehead atoms. The molecule has 1 unspecified atom stereocenters. The zero-order valence-corrected chi connectivity index (χ0v) is 12.1. The molecule has 19 heavy (non-hydrogen) atoms.